The van der Waals surface area contributed by atoms with Crippen LogP contribution in [0.5, 0.6) is 0 Å². The summed E-state index contributed by atoms with van der Waals surface area (Å²) in [5, 5.41) is 0. The first kappa shape index (κ1) is 9.77. The van der Waals surface area contributed by atoms with Gasteiger partial charge in [0.2, 0.25) is 0 Å². The Hall–Kier alpha value is 0.766. The first-order chi connectivity index (χ1) is 3.93. The zero-order valence-electron chi connectivity index (χ0n) is 5.53. The van der Waals surface area contributed by atoms with Gasteiger partial charge in [0.1, 0.15) is 0 Å². The minimum atomic E-state index is 0. The monoisotopic (exact) mass is 137 g/mol. The van der Waals surface area contributed by atoms with Gasteiger partial charge in [-0.3, -0.25) is 0 Å². The average Bonchev–Trinajstić information content (AvgIpc) is 2.19. The van der Waals surface area contributed by atoms with E-state index in [0.29, 0.717) is 0 Å². The molecule has 1 aliphatic rings. The predicted molar refractivity (Wildman–Crippen MR) is 45.1 cm³/mol. The summed E-state index contributed by atoms with van der Waals surface area (Å²) in [5.41, 5.74) is 0. The van der Waals surface area contributed by atoms with Crippen LogP contribution in [0, 0.1) is 12.8 Å². The van der Waals surface area contributed by atoms with Crippen molar-refractivity contribution in [2.45, 2.75) is 38.5 Å². The quantitative estimate of drug-likeness (QED) is 0.510. The van der Waals surface area contributed by atoms with Crippen LogP contribution in [0.3, 0.4) is 0 Å². The molecule has 0 nitrogen and oxygen atoms in total. The minimum Gasteiger partial charge on any atom is -0.0533 e. The first-order valence-electron chi connectivity index (χ1n) is 3.72. The van der Waals surface area contributed by atoms with Crippen LogP contribution in [0.1, 0.15) is 38.5 Å². The van der Waals surface area contributed by atoms with E-state index in [2.05, 4.69) is 6.92 Å². The van der Waals surface area contributed by atoms with Crippen LogP contribution in [0.4, 0.5) is 0 Å². The van der Waals surface area contributed by atoms with E-state index in [4.69, 9.17) is 0 Å². The van der Waals surface area contributed by atoms with Crippen molar-refractivity contribution < 1.29 is 0 Å². The fourth-order valence-corrected chi connectivity index (χ4v) is 1.59. The van der Waals surface area contributed by atoms with E-state index in [9.17, 15) is 0 Å². The maximum Gasteiger partial charge on any atom is 0.316 e. The predicted octanol–water partition coefficient (Wildman–Crippen LogP) is 1.87. The third-order valence-electron chi connectivity index (χ3n) is 2.09. The van der Waals surface area contributed by atoms with Gasteiger partial charge in [0, 0.05) is 0 Å². The molecule has 9 heavy (non-hydrogen) atoms. The molecular weight excluding hydrogens is 120 g/mol. The largest absolute Gasteiger partial charge is 0.316 e. The summed E-state index contributed by atoms with van der Waals surface area (Å²) in [4.78, 5) is 0. The molecule has 0 heterocycles. The molecule has 1 rings (SSSR count). The van der Waals surface area contributed by atoms with E-state index in [1.165, 1.54) is 32.1 Å². The second-order valence-electron chi connectivity index (χ2n) is 2.79. The topological polar surface area (TPSA) is 0 Å². The van der Waals surface area contributed by atoms with Crippen molar-refractivity contribution in [3.8, 4) is 0 Å². The molecule has 0 bridgehead atoms. The van der Waals surface area contributed by atoms with Crippen LogP contribution in [-0.2, 0) is 0 Å². The van der Waals surface area contributed by atoms with Gasteiger partial charge >= 0.3 is 23.1 Å². The summed E-state index contributed by atoms with van der Waals surface area (Å²) in [6, 6.07) is 0. The van der Waals surface area contributed by atoms with Crippen LogP contribution >= 0.6 is 0 Å². The Kier molecular flexibility index (Phi) is 6.02. The van der Waals surface area contributed by atoms with Gasteiger partial charge in [0.05, 0.1) is 0 Å². The third kappa shape index (κ3) is 3.46. The molecule has 0 aromatic rings. The second kappa shape index (κ2) is 5.54. The molecule has 1 aliphatic carbocycles. The lowest BCUT2D eigenvalue weighted by Crippen LogP contribution is -1.89. The van der Waals surface area contributed by atoms with Gasteiger partial charge < -0.3 is 0 Å². The third-order valence-corrected chi connectivity index (χ3v) is 2.09. The summed E-state index contributed by atoms with van der Waals surface area (Å²) < 4.78 is 0. The Morgan fingerprint density at radius 2 is 1.78 bits per heavy atom. The van der Waals surface area contributed by atoms with Gasteiger partial charge in [-0.2, -0.15) is 0 Å². The van der Waals surface area contributed by atoms with Gasteiger partial charge in [-0.05, 0) is 5.92 Å². The lowest BCUT2D eigenvalue weighted by molar-refractivity contribution is 0.508. The maximum atomic E-state index is 3.85. The van der Waals surface area contributed by atoms with Crippen LogP contribution < -0.4 is 0 Å². The Bertz CT molecular complexity index is 55.6. The Balaban J connectivity index is 0.000000640. The van der Waals surface area contributed by atoms with E-state index in [0.717, 1.165) is 12.3 Å². The van der Waals surface area contributed by atoms with Crippen molar-refractivity contribution in [1.29, 1.82) is 0 Å². The Labute approximate surface area is 74.6 Å². The van der Waals surface area contributed by atoms with Gasteiger partial charge in [-0.25, -0.2) is 0 Å². The number of rotatable bonds is 2. The van der Waals surface area contributed by atoms with Gasteiger partial charge in [-0.15, -0.1) is 0 Å². The molecule has 0 amide bonds. The van der Waals surface area contributed by atoms with Crippen LogP contribution in [0.25, 0.3) is 0 Å². The second-order valence-corrected chi connectivity index (χ2v) is 2.79. The van der Waals surface area contributed by atoms with E-state index in [1.807, 2.05) is 0 Å². The minimum absolute atomic E-state index is 0. The Morgan fingerprint density at radius 3 is 2.22 bits per heavy atom. The summed E-state index contributed by atoms with van der Waals surface area (Å²) in [6.45, 7) is 3.85. The van der Waals surface area contributed by atoms with E-state index in [-0.39, 0.29) is 23.1 Å². The highest BCUT2D eigenvalue weighted by Gasteiger charge is 2.12. The van der Waals surface area contributed by atoms with Crippen LogP contribution in [0.2, 0.25) is 0 Å². The highest BCUT2D eigenvalue weighted by molar-refractivity contribution is 5.75. The lowest BCUT2D eigenvalue weighted by atomic mass is 10.0. The SMILES string of the molecule is [CH2]CCC1CCCC1.[MgH2]. The van der Waals surface area contributed by atoms with Crippen LogP contribution in [0.15, 0.2) is 0 Å². The zero-order valence-corrected chi connectivity index (χ0v) is 5.53. The van der Waals surface area contributed by atoms with Gasteiger partial charge in [0.15, 0.2) is 0 Å². The molecule has 1 saturated carbocycles. The van der Waals surface area contributed by atoms with Crippen LogP contribution in [-0.4, -0.2) is 23.1 Å². The normalized spacial score (nSPS) is 19.7. The smallest absolute Gasteiger partial charge is 0.0533 e. The molecule has 0 atom stereocenters. The maximum absolute atomic E-state index is 3.85. The fraction of sp³-hybridized carbons (Fsp3) is 0.875. The first-order valence-corrected chi connectivity index (χ1v) is 3.72. The molecule has 1 radical (unpaired) electrons. The summed E-state index contributed by atoms with van der Waals surface area (Å²) in [5.74, 6) is 1.05. The van der Waals surface area contributed by atoms with Crippen molar-refractivity contribution >= 4 is 23.1 Å². The highest BCUT2D eigenvalue weighted by Crippen LogP contribution is 2.27. The van der Waals surface area contributed by atoms with Crippen molar-refractivity contribution in [1.82, 2.24) is 0 Å². The molecule has 0 aromatic carbocycles. The number of hydrogen-bond acceptors (Lipinski definition) is 0. The molecule has 51 valence electrons. The van der Waals surface area contributed by atoms with Crippen molar-refractivity contribution in [3.63, 3.8) is 0 Å². The van der Waals surface area contributed by atoms with Gasteiger partial charge in [-0.1, -0.05) is 45.4 Å². The molecule has 1 heteroatoms. The number of hydrogen-bond donors (Lipinski definition) is 0. The molecule has 0 spiro atoms. The average molecular weight is 138 g/mol. The Morgan fingerprint density at radius 1 is 1.22 bits per heavy atom. The standard InChI is InChI=1S/C8H15.Mg.2H/c1-2-5-8-6-3-4-7-8;;;/h8H,1-7H2;;;. The molecule has 0 aliphatic heterocycles. The lowest BCUT2D eigenvalue weighted by Gasteiger charge is -2.03. The summed E-state index contributed by atoms with van der Waals surface area (Å²) in [6.07, 6.45) is 8.44. The molecule has 0 N–H and O–H groups in total. The van der Waals surface area contributed by atoms with Crippen molar-refractivity contribution in [3.05, 3.63) is 6.92 Å². The van der Waals surface area contributed by atoms with Crippen molar-refractivity contribution in [2.75, 3.05) is 0 Å². The molecule has 0 saturated heterocycles. The fourth-order valence-electron chi connectivity index (χ4n) is 1.59. The molecule has 0 unspecified atom stereocenters. The van der Waals surface area contributed by atoms with Crippen molar-refractivity contribution in [2.24, 2.45) is 5.92 Å². The summed E-state index contributed by atoms with van der Waals surface area (Å²) >= 11 is 0. The zero-order chi connectivity index (χ0) is 5.82. The molecular formula is C8H17Mg. The van der Waals surface area contributed by atoms with E-state index >= 15 is 0 Å². The highest BCUT2D eigenvalue weighted by atomic mass is 24.3. The summed E-state index contributed by atoms with van der Waals surface area (Å²) in [7, 11) is 0. The van der Waals surface area contributed by atoms with E-state index in [1.54, 1.807) is 0 Å². The molecule has 1 fully saturated rings. The van der Waals surface area contributed by atoms with Gasteiger partial charge in [0.25, 0.3) is 0 Å². The van der Waals surface area contributed by atoms with E-state index < -0.39 is 0 Å². The molecule has 0 aromatic heterocycles.